The number of carbonyl (C=O) groups excluding carboxylic acids is 2. The van der Waals surface area contributed by atoms with Crippen LogP contribution in [0.5, 0.6) is 11.5 Å². The third-order valence-electron chi connectivity index (χ3n) is 6.03. The molecule has 3 amide bonds. The summed E-state index contributed by atoms with van der Waals surface area (Å²) in [4.78, 5) is 27.0. The molecule has 2 fully saturated rings. The first-order chi connectivity index (χ1) is 14.5. The van der Waals surface area contributed by atoms with Gasteiger partial charge < -0.3 is 30.1 Å². The second-order valence-electron chi connectivity index (χ2n) is 8.08. The van der Waals surface area contributed by atoms with E-state index < -0.39 is 6.10 Å². The molecule has 2 unspecified atom stereocenters. The van der Waals surface area contributed by atoms with Gasteiger partial charge in [-0.15, -0.1) is 0 Å². The Morgan fingerprint density at radius 2 is 1.93 bits per heavy atom. The van der Waals surface area contributed by atoms with Gasteiger partial charge in [-0.1, -0.05) is 12.8 Å². The van der Waals surface area contributed by atoms with Crippen LogP contribution < -0.4 is 20.1 Å². The average molecular weight is 420 g/mol. The van der Waals surface area contributed by atoms with Crippen molar-refractivity contribution in [3.63, 3.8) is 0 Å². The van der Waals surface area contributed by atoms with E-state index in [1.165, 1.54) is 7.11 Å². The van der Waals surface area contributed by atoms with Gasteiger partial charge in [0.25, 0.3) is 0 Å². The Hall–Kier alpha value is -2.48. The summed E-state index contributed by atoms with van der Waals surface area (Å²) in [6.45, 7) is 1.14. The lowest BCUT2D eigenvalue weighted by molar-refractivity contribution is -0.126. The van der Waals surface area contributed by atoms with Crippen molar-refractivity contribution in [3.05, 3.63) is 23.8 Å². The monoisotopic (exact) mass is 419 g/mol. The van der Waals surface area contributed by atoms with Gasteiger partial charge >= 0.3 is 6.03 Å². The van der Waals surface area contributed by atoms with Crippen molar-refractivity contribution in [2.24, 2.45) is 5.92 Å². The van der Waals surface area contributed by atoms with Gasteiger partial charge in [-0.3, -0.25) is 4.79 Å². The molecular formula is C22H33N3O5. The fourth-order valence-corrected chi connectivity index (χ4v) is 4.26. The number of nitrogens with one attached hydrogen (secondary N) is 2. The van der Waals surface area contributed by atoms with Crippen molar-refractivity contribution in [2.45, 2.75) is 50.7 Å². The van der Waals surface area contributed by atoms with Crippen LogP contribution >= 0.6 is 0 Å². The molecule has 8 nitrogen and oxygen atoms in total. The minimum absolute atomic E-state index is 0.0626. The number of benzene rings is 1. The highest BCUT2D eigenvalue weighted by molar-refractivity contribution is 5.81. The van der Waals surface area contributed by atoms with Gasteiger partial charge in [0, 0.05) is 31.2 Å². The van der Waals surface area contributed by atoms with Crippen molar-refractivity contribution in [3.8, 4) is 11.5 Å². The molecule has 0 bridgehead atoms. The summed E-state index contributed by atoms with van der Waals surface area (Å²) < 4.78 is 10.5. The van der Waals surface area contributed by atoms with Crippen LogP contribution in [0.3, 0.4) is 0 Å². The fraction of sp³-hybridized carbons (Fsp3) is 0.636. The second kappa shape index (κ2) is 10.5. The second-order valence-corrected chi connectivity index (χ2v) is 8.08. The zero-order chi connectivity index (χ0) is 21.5. The molecule has 3 rings (SSSR count). The normalized spacial score (nSPS) is 20.5. The minimum Gasteiger partial charge on any atom is -0.497 e. The van der Waals surface area contributed by atoms with Crippen LogP contribution in [0, 0.1) is 5.92 Å². The standard InChI is InChI=1S/C22H33N3O5/c1-29-17-9-10-20(30-2)18(12-17)19(26)13-23-21(27)15-6-5-11-25(14-15)22(28)24-16-7-3-4-8-16/h9-10,12,15-16,19,26H,3-8,11,13-14H2,1-2H3,(H,23,27)(H,24,28). The Kier molecular flexibility index (Phi) is 7.79. The summed E-state index contributed by atoms with van der Waals surface area (Å²) in [6.07, 6.45) is 5.00. The van der Waals surface area contributed by atoms with E-state index in [-0.39, 0.29) is 30.4 Å². The number of urea groups is 1. The van der Waals surface area contributed by atoms with Crippen molar-refractivity contribution >= 4 is 11.9 Å². The van der Waals surface area contributed by atoms with Gasteiger partial charge in [-0.05, 0) is 43.9 Å². The molecule has 3 N–H and O–H groups in total. The minimum atomic E-state index is -0.927. The number of piperidine rings is 1. The van der Waals surface area contributed by atoms with Crippen LogP contribution in [-0.2, 0) is 4.79 Å². The van der Waals surface area contributed by atoms with E-state index in [1.54, 1.807) is 30.2 Å². The Morgan fingerprint density at radius 1 is 1.17 bits per heavy atom. The summed E-state index contributed by atoms with van der Waals surface area (Å²) in [5.41, 5.74) is 0.554. The van der Waals surface area contributed by atoms with E-state index in [2.05, 4.69) is 10.6 Å². The SMILES string of the molecule is COc1ccc(OC)c(C(O)CNC(=O)C2CCCN(C(=O)NC3CCCC3)C2)c1. The summed E-state index contributed by atoms with van der Waals surface area (Å²) in [6, 6.07) is 5.37. The lowest BCUT2D eigenvalue weighted by Crippen LogP contribution is -2.50. The number of amides is 3. The van der Waals surface area contributed by atoms with Gasteiger partial charge in [0.05, 0.1) is 26.2 Å². The van der Waals surface area contributed by atoms with Crippen molar-refractivity contribution in [1.29, 1.82) is 0 Å². The average Bonchev–Trinajstić information content (AvgIpc) is 3.29. The number of ether oxygens (including phenoxy) is 2. The first kappa shape index (κ1) is 22.2. The molecule has 166 valence electrons. The van der Waals surface area contributed by atoms with E-state index in [1.807, 2.05) is 0 Å². The molecule has 1 aliphatic heterocycles. The van der Waals surface area contributed by atoms with Gasteiger partial charge in [0.2, 0.25) is 5.91 Å². The number of carbonyl (C=O) groups is 2. The Labute approximate surface area is 177 Å². The van der Waals surface area contributed by atoms with E-state index in [4.69, 9.17) is 9.47 Å². The van der Waals surface area contributed by atoms with Gasteiger partial charge in [-0.25, -0.2) is 4.79 Å². The van der Waals surface area contributed by atoms with Crippen LogP contribution in [0.1, 0.15) is 50.2 Å². The number of likely N-dealkylation sites (tertiary alicyclic amines) is 1. The highest BCUT2D eigenvalue weighted by Gasteiger charge is 2.30. The molecule has 1 saturated heterocycles. The lowest BCUT2D eigenvalue weighted by atomic mass is 9.97. The molecule has 30 heavy (non-hydrogen) atoms. The number of methoxy groups -OCH3 is 2. The zero-order valence-corrected chi connectivity index (χ0v) is 17.9. The fourth-order valence-electron chi connectivity index (χ4n) is 4.26. The maximum atomic E-state index is 12.7. The molecule has 0 spiro atoms. The van der Waals surface area contributed by atoms with Crippen LogP contribution in [0.25, 0.3) is 0 Å². The van der Waals surface area contributed by atoms with E-state index in [9.17, 15) is 14.7 Å². The highest BCUT2D eigenvalue weighted by atomic mass is 16.5. The molecule has 8 heteroatoms. The molecule has 1 heterocycles. The predicted molar refractivity (Wildman–Crippen MR) is 113 cm³/mol. The lowest BCUT2D eigenvalue weighted by Gasteiger charge is -2.33. The Balaban J connectivity index is 1.52. The van der Waals surface area contributed by atoms with Crippen molar-refractivity contribution < 1.29 is 24.2 Å². The van der Waals surface area contributed by atoms with Crippen LogP contribution in [-0.4, -0.2) is 61.8 Å². The smallest absolute Gasteiger partial charge is 0.317 e. The summed E-state index contributed by atoms with van der Waals surface area (Å²) in [7, 11) is 3.08. The van der Waals surface area contributed by atoms with E-state index >= 15 is 0 Å². The summed E-state index contributed by atoms with van der Waals surface area (Å²) in [5, 5.41) is 16.5. The maximum Gasteiger partial charge on any atom is 0.317 e. The van der Waals surface area contributed by atoms with Gasteiger partial charge in [0.15, 0.2) is 0 Å². The highest BCUT2D eigenvalue weighted by Crippen LogP contribution is 2.29. The van der Waals surface area contributed by atoms with Crippen LogP contribution in [0.4, 0.5) is 4.79 Å². The molecule has 0 radical (unpaired) electrons. The van der Waals surface area contributed by atoms with E-state index in [0.29, 0.717) is 30.2 Å². The van der Waals surface area contributed by atoms with Crippen molar-refractivity contribution in [2.75, 3.05) is 33.9 Å². The maximum absolute atomic E-state index is 12.7. The summed E-state index contributed by atoms with van der Waals surface area (Å²) in [5.74, 6) is 0.721. The van der Waals surface area contributed by atoms with E-state index in [0.717, 1.165) is 38.5 Å². The molecule has 1 aromatic rings. The first-order valence-electron chi connectivity index (χ1n) is 10.7. The quantitative estimate of drug-likeness (QED) is 0.629. The molecular weight excluding hydrogens is 386 g/mol. The Bertz CT molecular complexity index is 735. The Morgan fingerprint density at radius 3 is 2.63 bits per heavy atom. The molecule has 2 aliphatic rings. The number of rotatable bonds is 7. The van der Waals surface area contributed by atoms with Gasteiger partial charge in [0.1, 0.15) is 11.5 Å². The number of aliphatic hydroxyl groups excluding tert-OH is 1. The molecule has 0 aromatic heterocycles. The largest absolute Gasteiger partial charge is 0.497 e. The molecule has 1 aliphatic carbocycles. The van der Waals surface area contributed by atoms with Crippen LogP contribution in [0.15, 0.2) is 18.2 Å². The molecule has 2 atom stereocenters. The molecule has 1 aromatic carbocycles. The number of nitrogens with zero attached hydrogens (tertiary/aromatic N) is 1. The topological polar surface area (TPSA) is 100 Å². The number of hydrogen-bond donors (Lipinski definition) is 3. The van der Waals surface area contributed by atoms with Crippen LogP contribution in [0.2, 0.25) is 0 Å². The van der Waals surface area contributed by atoms with Gasteiger partial charge in [-0.2, -0.15) is 0 Å². The number of aliphatic hydroxyl groups is 1. The third-order valence-corrected chi connectivity index (χ3v) is 6.03. The van der Waals surface area contributed by atoms with Crippen molar-refractivity contribution in [1.82, 2.24) is 15.5 Å². The zero-order valence-electron chi connectivity index (χ0n) is 17.9. The summed E-state index contributed by atoms with van der Waals surface area (Å²) >= 11 is 0. The third kappa shape index (κ3) is 5.56. The number of hydrogen-bond acceptors (Lipinski definition) is 5. The first-order valence-corrected chi connectivity index (χ1v) is 10.7. The predicted octanol–water partition coefficient (Wildman–Crippen LogP) is 2.22. The molecule has 1 saturated carbocycles.